The van der Waals surface area contributed by atoms with Gasteiger partial charge in [-0.2, -0.15) is 0 Å². The quantitative estimate of drug-likeness (QED) is 0.818. The van der Waals surface area contributed by atoms with E-state index in [9.17, 15) is 5.11 Å². The summed E-state index contributed by atoms with van der Waals surface area (Å²) in [5, 5.41) is 12.8. The molecule has 0 amide bonds. The molecule has 18 heavy (non-hydrogen) atoms. The Balaban J connectivity index is 1.84. The van der Waals surface area contributed by atoms with Crippen molar-refractivity contribution in [2.75, 3.05) is 32.7 Å². The summed E-state index contributed by atoms with van der Waals surface area (Å²) in [5.41, 5.74) is 2.62. The van der Waals surface area contributed by atoms with Crippen LogP contribution in [0.25, 0.3) is 0 Å². The molecule has 100 valence electrons. The number of hydrogen-bond acceptors (Lipinski definition) is 3. The van der Waals surface area contributed by atoms with E-state index in [2.05, 4.69) is 34.5 Å². The highest BCUT2D eigenvalue weighted by molar-refractivity contribution is 5.24. The number of piperazine rings is 1. The van der Waals surface area contributed by atoms with E-state index >= 15 is 0 Å². The van der Waals surface area contributed by atoms with Crippen LogP contribution in [0.3, 0.4) is 0 Å². The smallest absolute Gasteiger partial charge is 0.0552 e. The lowest BCUT2D eigenvalue weighted by Crippen LogP contribution is -2.44. The number of nitrogens with one attached hydrogen (secondary N) is 1. The Morgan fingerprint density at radius 3 is 2.72 bits per heavy atom. The summed E-state index contributed by atoms with van der Waals surface area (Å²) in [6, 6.07) is 8.62. The molecule has 1 atom stereocenters. The van der Waals surface area contributed by atoms with Crippen LogP contribution in [-0.4, -0.2) is 48.8 Å². The maximum atomic E-state index is 9.42. The Kier molecular flexibility index (Phi) is 5.17. The van der Waals surface area contributed by atoms with Crippen molar-refractivity contribution < 1.29 is 5.11 Å². The van der Waals surface area contributed by atoms with Crippen molar-refractivity contribution in [3.8, 4) is 0 Å². The third-order valence-electron chi connectivity index (χ3n) is 3.45. The number of hydrogen-bond donors (Lipinski definition) is 2. The Labute approximate surface area is 110 Å². The fraction of sp³-hybridized carbons (Fsp3) is 0.600. The fourth-order valence-electron chi connectivity index (χ4n) is 2.48. The number of aliphatic hydroxyl groups is 1. The highest BCUT2D eigenvalue weighted by atomic mass is 16.3. The standard InChI is InChI=1S/C15H24N2O/c1-13(18)11-15-4-2-3-14(12-15)5-8-17-9-6-16-7-10-17/h2-4,12-13,16,18H,5-11H2,1H3. The largest absolute Gasteiger partial charge is 0.393 e. The van der Waals surface area contributed by atoms with Crippen molar-refractivity contribution in [2.24, 2.45) is 0 Å². The van der Waals surface area contributed by atoms with Gasteiger partial charge in [0.25, 0.3) is 0 Å². The van der Waals surface area contributed by atoms with Gasteiger partial charge in [0.05, 0.1) is 6.10 Å². The monoisotopic (exact) mass is 248 g/mol. The molecule has 1 aromatic rings. The van der Waals surface area contributed by atoms with Gasteiger partial charge in [-0.1, -0.05) is 24.3 Å². The van der Waals surface area contributed by atoms with E-state index in [-0.39, 0.29) is 6.10 Å². The average Bonchev–Trinajstić information content (AvgIpc) is 2.37. The van der Waals surface area contributed by atoms with E-state index in [0.717, 1.165) is 45.6 Å². The van der Waals surface area contributed by atoms with Gasteiger partial charge in [0.15, 0.2) is 0 Å². The van der Waals surface area contributed by atoms with Crippen molar-refractivity contribution in [2.45, 2.75) is 25.9 Å². The molecule has 2 rings (SSSR count). The first-order valence-corrected chi connectivity index (χ1v) is 6.93. The van der Waals surface area contributed by atoms with Gasteiger partial charge >= 0.3 is 0 Å². The van der Waals surface area contributed by atoms with Crippen LogP contribution in [0.4, 0.5) is 0 Å². The Morgan fingerprint density at radius 2 is 2.00 bits per heavy atom. The minimum Gasteiger partial charge on any atom is -0.393 e. The molecule has 2 N–H and O–H groups in total. The van der Waals surface area contributed by atoms with Crippen molar-refractivity contribution >= 4 is 0 Å². The second-order valence-electron chi connectivity index (χ2n) is 5.21. The van der Waals surface area contributed by atoms with Gasteiger partial charge in [0.1, 0.15) is 0 Å². The van der Waals surface area contributed by atoms with Crippen molar-refractivity contribution in [1.29, 1.82) is 0 Å². The first kappa shape index (κ1) is 13.5. The summed E-state index contributed by atoms with van der Waals surface area (Å²) in [4.78, 5) is 2.51. The molecular formula is C15H24N2O. The Bertz CT molecular complexity index is 359. The molecule has 0 saturated carbocycles. The topological polar surface area (TPSA) is 35.5 Å². The molecule has 3 nitrogen and oxygen atoms in total. The van der Waals surface area contributed by atoms with Crippen LogP contribution in [0.1, 0.15) is 18.1 Å². The van der Waals surface area contributed by atoms with Gasteiger partial charge in [0.2, 0.25) is 0 Å². The minimum absolute atomic E-state index is 0.256. The van der Waals surface area contributed by atoms with E-state index in [0.29, 0.717) is 0 Å². The molecule has 1 unspecified atom stereocenters. The lowest BCUT2D eigenvalue weighted by Gasteiger charge is -2.27. The molecule has 0 aliphatic carbocycles. The molecule has 0 spiro atoms. The zero-order valence-electron chi connectivity index (χ0n) is 11.2. The highest BCUT2D eigenvalue weighted by Crippen LogP contribution is 2.09. The van der Waals surface area contributed by atoms with E-state index in [1.54, 1.807) is 0 Å². The molecule has 3 heteroatoms. The maximum Gasteiger partial charge on any atom is 0.0552 e. The molecule has 1 aliphatic heterocycles. The number of rotatable bonds is 5. The summed E-state index contributed by atoms with van der Waals surface area (Å²) >= 11 is 0. The molecule has 0 bridgehead atoms. The van der Waals surface area contributed by atoms with Gasteiger partial charge in [-0.15, -0.1) is 0 Å². The number of aliphatic hydroxyl groups excluding tert-OH is 1. The summed E-state index contributed by atoms with van der Waals surface area (Å²) < 4.78 is 0. The van der Waals surface area contributed by atoms with Crippen molar-refractivity contribution in [3.05, 3.63) is 35.4 Å². The van der Waals surface area contributed by atoms with Crippen LogP contribution in [0, 0.1) is 0 Å². The molecule has 1 heterocycles. The summed E-state index contributed by atoms with van der Waals surface area (Å²) in [6.45, 7) is 7.53. The van der Waals surface area contributed by atoms with E-state index < -0.39 is 0 Å². The number of nitrogens with zero attached hydrogens (tertiary/aromatic N) is 1. The van der Waals surface area contributed by atoms with Crippen LogP contribution in [0.2, 0.25) is 0 Å². The summed E-state index contributed by atoms with van der Waals surface area (Å²) in [7, 11) is 0. The van der Waals surface area contributed by atoms with E-state index in [1.165, 1.54) is 11.1 Å². The minimum atomic E-state index is -0.256. The maximum absolute atomic E-state index is 9.42. The zero-order valence-corrected chi connectivity index (χ0v) is 11.2. The van der Waals surface area contributed by atoms with Crippen LogP contribution in [0.15, 0.2) is 24.3 Å². The molecular weight excluding hydrogens is 224 g/mol. The van der Waals surface area contributed by atoms with Crippen molar-refractivity contribution in [3.63, 3.8) is 0 Å². The third kappa shape index (κ3) is 4.41. The molecule has 0 aromatic heterocycles. The van der Waals surface area contributed by atoms with E-state index in [4.69, 9.17) is 0 Å². The first-order valence-electron chi connectivity index (χ1n) is 6.93. The molecule has 0 radical (unpaired) electrons. The van der Waals surface area contributed by atoms with Crippen LogP contribution < -0.4 is 5.32 Å². The molecule has 1 saturated heterocycles. The van der Waals surface area contributed by atoms with Gasteiger partial charge in [-0.25, -0.2) is 0 Å². The lowest BCUT2D eigenvalue weighted by molar-refractivity contribution is 0.195. The first-order chi connectivity index (χ1) is 8.74. The van der Waals surface area contributed by atoms with Gasteiger partial charge in [-0.3, -0.25) is 0 Å². The molecule has 1 aromatic carbocycles. The zero-order chi connectivity index (χ0) is 12.8. The van der Waals surface area contributed by atoms with Crippen LogP contribution in [0.5, 0.6) is 0 Å². The second kappa shape index (κ2) is 6.88. The molecule has 1 fully saturated rings. The third-order valence-corrected chi connectivity index (χ3v) is 3.45. The van der Waals surface area contributed by atoms with Gasteiger partial charge in [0, 0.05) is 32.7 Å². The predicted octanol–water partition coefficient (Wildman–Crippen LogP) is 1.06. The predicted molar refractivity (Wildman–Crippen MR) is 74.8 cm³/mol. The fourth-order valence-corrected chi connectivity index (χ4v) is 2.48. The van der Waals surface area contributed by atoms with Crippen molar-refractivity contribution in [1.82, 2.24) is 10.2 Å². The Morgan fingerprint density at radius 1 is 1.28 bits per heavy atom. The summed E-state index contributed by atoms with van der Waals surface area (Å²) in [5.74, 6) is 0. The van der Waals surface area contributed by atoms with Crippen LogP contribution >= 0.6 is 0 Å². The summed E-state index contributed by atoms with van der Waals surface area (Å²) in [6.07, 6.45) is 1.60. The highest BCUT2D eigenvalue weighted by Gasteiger charge is 2.09. The second-order valence-corrected chi connectivity index (χ2v) is 5.21. The van der Waals surface area contributed by atoms with Gasteiger partial charge < -0.3 is 15.3 Å². The lowest BCUT2D eigenvalue weighted by atomic mass is 10.0. The normalized spacial score (nSPS) is 18.8. The van der Waals surface area contributed by atoms with Crippen LogP contribution in [-0.2, 0) is 12.8 Å². The Hall–Kier alpha value is -0.900. The average molecular weight is 248 g/mol. The SMILES string of the molecule is CC(O)Cc1cccc(CCN2CCNCC2)c1. The van der Waals surface area contributed by atoms with E-state index in [1.807, 2.05) is 6.92 Å². The van der Waals surface area contributed by atoms with Gasteiger partial charge in [-0.05, 0) is 30.9 Å². The molecule has 1 aliphatic rings. The number of benzene rings is 1.